The van der Waals surface area contributed by atoms with Crippen LogP contribution < -0.4 is 0 Å². The Kier molecular flexibility index (Phi) is 5.63. The van der Waals surface area contributed by atoms with Gasteiger partial charge in [-0.15, -0.1) is 0 Å². The third-order valence-corrected chi connectivity index (χ3v) is 2.62. The molecule has 1 unspecified atom stereocenters. The second-order valence-electron chi connectivity index (χ2n) is 4.54. The molecule has 0 fully saturated rings. The van der Waals surface area contributed by atoms with Gasteiger partial charge in [-0.3, -0.25) is 9.78 Å². The van der Waals surface area contributed by atoms with Crippen LogP contribution in [0, 0.1) is 5.92 Å². The molecular formula is C13H20N2O2. The summed E-state index contributed by atoms with van der Waals surface area (Å²) in [6.07, 6.45) is 2.92. The Hall–Kier alpha value is -1.42. The van der Waals surface area contributed by atoms with Gasteiger partial charge in [0, 0.05) is 37.8 Å². The minimum atomic E-state index is -0.726. The summed E-state index contributed by atoms with van der Waals surface area (Å²) in [6.45, 7) is 3.67. The number of hydrogen-bond donors (Lipinski definition) is 1. The van der Waals surface area contributed by atoms with Gasteiger partial charge in [-0.25, -0.2) is 0 Å². The molecule has 4 heteroatoms. The maximum Gasteiger partial charge on any atom is 0.303 e. The Morgan fingerprint density at radius 3 is 2.88 bits per heavy atom. The van der Waals surface area contributed by atoms with Crippen molar-refractivity contribution in [2.75, 3.05) is 20.1 Å². The molecule has 1 atom stereocenters. The largest absolute Gasteiger partial charge is 0.481 e. The molecule has 0 bridgehead atoms. The molecule has 1 aromatic rings. The van der Waals surface area contributed by atoms with Gasteiger partial charge in [0.2, 0.25) is 0 Å². The highest BCUT2D eigenvalue weighted by atomic mass is 16.4. The van der Waals surface area contributed by atoms with Crippen molar-refractivity contribution in [2.45, 2.75) is 19.8 Å². The Bertz CT molecular complexity index is 341. The quantitative estimate of drug-likeness (QED) is 0.782. The van der Waals surface area contributed by atoms with E-state index in [-0.39, 0.29) is 12.3 Å². The van der Waals surface area contributed by atoms with Crippen molar-refractivity contribution in [3.05, 3.63) is 30.1 Å². The number of aliphatic carboxylic acids is 1. The molecule has 1 rings (SSSR count). The van der Waals surface area contributed by atoms with Gasteiger partial charge in [0.1, 0.15) is 0 Å². The second kappa shape index (κ2) is 7.01. The highest BCUT2D eigenvalue weighted by molar-refractivity contribution is 5.66. The fourth-order valence-corrected chi connectivity index (χ4v) is 1.84. The topological polar surface area (TPSA) is 53.4 Å². The number of rotatable bonds is 7. The van der Waals surface area contributed by atoms with Gasteiger partial charge in [-0.05, 0) is 25.1 Å². The summed E-state index contributed by atoms with van der Waals surface area (Å²) in [4.78, 5) is 17.0. The first-order valence-corrected chi connectivity index (χ1v) is 5.88. The summed E-state index contributed by atoms with van der Waals surface area (Å²) in [5.41, 5.74) is 1.07. The number of hydrogen-bond acceptors (Lipinski definition) is 3. The molecule has 4 nitrogen and oxygen atoms in total. The smallest absolute Gasteiger partial charge is 0.303 e. The van der Waals surface area contributed by atoms with Gasteiger partial charge >= 0.3 is 5.97 Å². The first-order valence-electron chi connectivity index (χ1n) is 5.88. The number of aromatic nitrogens is 1. The highest BCUT2D eigenvalue weighted by Gasteiger charge is 2.10. The lowest BCUT2D eigenvalue weighted by atomic mass is 10.1. The van der Waals surface area contributed by atoms with E-state index < -0.39 is 5.97 Å². The molecule has 1 heterocycles. The van der Waals surface area contributed by atoms with Crippen molar-refractivity contribution in [3.8, 4) is 0 Å². The first-order chi connectivity index (χ1) is 8.08. The Morgan fingerprint density at radius 1 is 1.53 bits per heavy atom. The molecule has 0 saturated carbocycles. The van der Waals surface area contributed by atoms with Crippen LogP contribution in [0.5, 0.6) is 0 Å². The van der Waals surface area contributed by atoms with Gasteiger partial charge in [-0.1, -0.05) is 13.0 Å². The van der Waals surface area contributed by atoms with E-state index in [9.17, 15) is 4.79 Å². The summed E-state index contributed by atoms with van der Waals surface area (Å²) >= 11 is 0. The van der Waals surface area contributed by atoms with E-state index in [0.29, 0.717) is 0 Å². The Labute approximate surface area is 102 Å². The summed E-state index contributed by atoms with van der Waals surface area (Å²) in [6, 6.07) is 5.89. The molecule has 0 radical (unpaired) electrons. The van der Waals surface area contributed by atoms with E-state index in [2.05, 4.69) is 9.88 Å². The Balaban J connectivity index is 2.25. The lowest BCUT2D eigenvalue weighted by Gasteiger charge is -2.19. The monoisotopic (exact) mass is 236 g/mol. The predicted molar refractivity (Wildman–Crippen MR) is 66.9 cm³/mol. The normalized spacial score (nSPS) is 12.6. The van der Waals surface area contributed by atoms with Gasteiger partial charge in [0.25, 0.3) is 0 Å². The average Bonchev–Trinajstić information content (AvgIpc) is 2.26. The molecule has 0 aromatic carbocycles. The summed E-state index contributed by atoms with van der Waals surface area (Å²) in [5, 5.41) is 8.68. The summed E-state index contributed by atoms with van der Waals surface area (Å²) in [7, 11) is 2.02. The lowest BCUT2D eigenvalue weighted by molar-refractivity contribution is -0.138. The molecule has 0 aliphatic rings. The number of nitrogens with zero attached hydrogens (tertiary/aromatic N) is 2. The van der Waals surface area contributed by atoms with E-state index in [0.717, 1.165) is 25.2 Å². The Morgan fingerprint density at radius 2 is 2.29 bits per heavy atom. The van der Waals surface area contributed by atoms with E-state index in [1.54, 1.807) is 6.20 Å². The SMILES string of the molecule is CC(CC(=O)O)CN(C)CCc1ccccn1. The zero-order chi connectivity index (χ0) is 12.7. The van der Waals surface area contributed by atoms with Gasteiger partial charge in [0.15, 0.2) is 0 Å². The van der Waals surface area contributed by atoms with Crippen LogP contribution in [0.15, 0.2) is 24.4 Å². The first kappa shape index (κ1) is 13.6. The third kappa shape index (κ3) is 6.02. The standard InChI is InChI=1S/C13H20N2O2/c1-11(9-13(16)17)10-15(2)8-6-12-5-3-4-7-14-12/h3-5,7,11H,6,8-10H2,1-2H3,(H,16,17). The molecule has 94 valence electrons. The zero-order valence-corrected chi connectivity index (χ0v) is 10.5. The highest BCUT2D eigenvalue weighted by Crippen LogP contribution is 2.04. The fourth-order valence-electron chi connectivity index (χ4n) is 1.84. The van der Waals surface area contributed by atoms with E-state index in [4.69, 9.17) is 5.11 Å². The van der Waals surface area contributed by atoms with Crippen LogP contribution in [0.3, 0.4) is 0 Å². The molecule has 0 aliphatic carbocycles. The predicted octanol–water partition coefficient (Wildman–Crippen LogP) is 1.67. The van der Waals surface area contributed by atoms with Crippen molar-refractivity contribution in [3.63, 3.8) is 0 Å². The zero-order valence-electron chi connectivity index (χ0n) is 10.5. The van der Waals surface area contributed by atoms with Crippen LogP contribution in [0.1, 0.15) is 19.0 Å². The van der Waals surface area contributed by atoms with Gasteiger partial charge in [0.05, 0.1) is 0 Å². The molecule has 0 amide bonds. The van der Waals surface area contributed by atoms with E-state index >= 15 is 0 Å². The number of pyridine rings is 1. The molecule has 0 saturated heterocycles. The number of carboxylic acid groups (broad SMARTS) is 1. The lowest BCUT2D eigenvalue weighted by Crippen LogP contribution is -2.27. The van der Waals surface area contributed by atoms with Crippen LogP contribution in [0.25, 0.3) is 0 Å². The van der Waals surface area contributed by atoms with Crippen molar-refractivity contribution in [1.82, 2.24) is 9.88 Å². The van der Waals surface area contributed by atoms with Crippen LogP contribution in [-0.2, 0) is 11.2 Å². The molecule has 1 N–H and O–H groups in total. The maximum atomic E-state index is 10.5. The third-order valence-electron chi connectivity index (χ3n) is 2.62. The molecular weight excluding hydrogens is 216 g/mol. The van der Waals surface area contributed by atoms with Crippen molar-refractivity contribution >= 4 is 5.97 Å². The second-order valence-corrected chi connectivity index (χ2v) is 4.54. The van der Waals surface area contributed by atoms with Gasteiger partial charge < -0.3 is 10.0 Å². The summed E-state index contributed by atoms with van der Waals surface area (Å²) < 4.78 is 0. The maximum absolute atomic E-state index is 10.5. The summed E-state index contributed by atoms with van der Waals surface area (Å²) in [5.74, 6) is -0.545. The fraction of sp³-hybridized carbons (Fsp3) is 0.538. The number of carboxylic acids is 1. The van der Waals surface area contributed by atoms with Crippen molar-refractivity contribution in [1.29, 1.82) is 0 Å². The van der Waals surface area contributed by atoms with Crippen LogP contribution >= 0.6 is 0 Å². The van der Waals surface area contributed by atoms with Crippen LogP contribution in [0.4, 0.5) is 0 Å². The number of likely N-dealkylation sites (N-methyl/N-ethyl adjacent to an activating group) is 1. The van der Waals surface area contributed by atoms with E-state index in [1.165, 1.54) is 0 Å². The van der Waals surface area contributed by atoms with E-state index in [1.807, 2.05) is 32.2 Å². The van der Waals surface area contributed by atoms with Crippen LogP contribution in [-0.4, -0.2) is 41.1 Å². The minimum absolute atomic E-state index is 0.182. The molecule has 0 aliphatic heterocycles. The molecule has 17 heavy (non-hydrogen) atoms. The molecule has 0 spiro atoms. The minimum Gasteiger partial charge on any atom is -0.481 e. The average molecular weight is 236 g/mol. The van der Waals surface area contributed by atoms with Crippen LogP contribution in [0.2, 0.25) is 0 Å². The van der Waals surface area contributed by atoms with Gasteiger partial charge in [-0.2, -0.15) is 0 Å². The number of carbonyl (C=O) groups is 1. The van der Waals surface area contributed by atoms with Crippen molar-refractivity contribution < 1.29 is 9.90 Å². The van der Waals surface area contributed by atoms with Crippen molar-refractivity contribution in [2.24, 2.45) is 5.92 Å². The molecule has 1 aromatic heterocycles.